The van der Waals surface area contributed by atoms with Crippen LogP contribution in [0.2, 0.25) is 0 Å². The van der Waals surface area contributed by atoms with Gasteiger partial charge in [0.2, 0.25) is 12.6 Å². The molecule has 216 valence electrons. The molecule has 0 N–H and O–H groups in total. The highest BCUT2D eigenvalue weighted by molar-refractivity contribution is 5.60. The van der Waals surface area contributed by atoms with E-state index in [1.54, 1.807) is 28.1 Å². The van der Waals surface area contributed by atoms with Gasteiger partial charge in [0.1, 0.15) is 0 Å². The fraction of sp³-hybridized carbons (Fsp3) is 0.957. The van der Waals surface area contributed by atoms with E-state index in [2.05, 4.69) is 0 Å². The summed E-state index contributed by atoms with van der Waals surface area (Å²) in [7, 11) is 3.25. The van der Waals surface area contributed by atoms with Crippen molar-refractivity contribution in [2.24, 2.45) is 0 Å². The first-order valence-electron chi connectivity index (χ1n) is 12.1. The van der Waals surface area contributed by atoms with Crippen LogP contribution in [0.15, 0.2) is 0 Å². The molecule has 0 aromatic rings. The van der Waals surface area contributed by atoms with Crippen LogP contribution in [0.1, 0.15) is 13.8 Å². The Morgan fingerprint density at radius 1 is 0.444 bits per heavy atom. The van der Waals surface area contributed by atoms with Gasteiger partial charge in [-0.2, -0.15) is 0 Å². The lowest BCUT2D eigenvalue weighted by Gasteiger charge is -2.17. The summed E-state index contributed by atoms with van der Waals surface area (Å²) in [5.41, 5.74) is 0. The number of methoxy groups -OCH3 is 2. The Kier molecular flexibility index (Phi) is 27.5. The summed E-state index contributed by atoms with van der Waals surface area (Å²) in [4.78, 5) is 11.8. The fourth-order valence-corrected chi connectivity index (χ4v) is 2.28. The zero-order valence-corrected chi connectivity index (χ0v) is 22.3. The highest BCUT2D eigenvalue weighted by Gasteiger charge is 2.15. The van der Waals surface area contributed by atoms with E-state index in [4.69, 9.17) is 56.8 Å². The summed E-state index contributed by atoms with van der Waals surface area (Å²) in [5, 5.41) is 0. The molecule has 0 aliphatic carbocycles. The van der Waals surface area contributed by atoms with Gasteiger partial charge < -0.3 is 56.8 Å². The van der Waals surface area contributed by atoms with Gasteiger partial charge >= 0.3 is 6.16 Å². The Balaban J connectivity index is 3.42. The molecule has 0 aliphatic rings. The van der Waals surface area contributed by atoms with Gasteiger partial charge in [0.25, 0.3) is 0 Å². The van der Waals surface area contributed by atoms with E-state index in [1.807, 2.05) is 0 Å². The van der Waals surface area contributed by atoms with Crippen LogP contribution in [0.5, 0.6) is 0 Å². The molecule has 0 rings (SSSR count). The summed E-state index contributed by atoms with van der Waals surface area (Å²) in [6.45, 7) is 10.3. The van der Waals surface area contributed by atoms with E-state index in [0.717, 1.165) is 0 Å². The van der Waals surface area contributed by atoms with Crippen LogP contribution in [-0.2, 0) is 56.8 Å². The lowest BCUT2D eigenvalue weighted by molar-refractivity contribution is -0.159. The first kappa shape index (κ1) is 34.9. The van der Waals surface area contributed by atoms with E-state index < -0.39 is 18.7 Å². The third kappa shape index (κ3) is 27.5. The molecule has 13 heteroatoms. The highest BCUT2D eigenvalue weighted by atomic mass is 16.8. The molecule has 0 saturated carbocycles. The monoisotopic (exact) mass is 530 g/mol. The fourth-order valence-electron chi connectivity index (χ4n) is 2.28. The summed E-state index contributed by atoms with van der Waals surface area (Å²) < 4.78 is 62.4. The first-order chi connectivity index (χ1) is 17.6. The number of hydrogen-bond acceptors (Lipinski definition) is 13. The average molecular weight is 531 g/mol. The number of carbonyl (C=O) groups is 1. The zero-order valence-electron chi connectivity index (χ0n) is 22.3. The second-order valence-electron chi connectivity index (χ2n) is 7.02. The average Bonchev–Trinajstić information content (AvgIpc) is 2.85. The van der Waals surface area contributed by atoms with Crippen molar-refractivity contribution in [1.29, 1.82) is 0 Å². The molecule has 2 atom stereocenters. The quantitative estimate of drug-likeness (QED) is 0.0818. The third-order valence-corrected chi connectivity index (χ3v) is 4.04. The largest absolute Gasteiger partial charge is 0.512 e. The molecule has 0 heterocycles. The maximum absolute atomic E-state index is 11.8. The van der Waals surface area contributed by atoms with Crippen LogP contribution in [-0.4, -0.2) is 139 Å². The molecule has 13 nitrogen and oxygen atoms in total. The van der Waals surface area contributed by atoms with Crippen molar-refractivity contribution in [1.82, 2.24) is 0 Å². The molecule has 2 unspecified atom stereocenters. The van der Waals surface area contributed by atoms with Crippen LogP contribution in [0.3, 0.4) is 0 Å². The summed E-state index contributed by atoms with van der Waals surface area (Å²) >= 11 is 0. The van der Waals surface area contributed by atoms with E-state index in [9.17, 15) is 4.79 Å². The van der Waals surface area contributed by atoms with Crippen LogP contribution in [0, 0.1) is 0 Å². The van der Waals surface area contributed by atoms with Gasteiger partial charge in [-0.05, 0) is 13.8 Å². The van der Waals surface area contributed by atoms with E-state index in [0.29, 0.717) is 92.5 Å². The van der Waals surface area contributed by atoms with E-state index >= 15 is 0 Å². The molecule has 0 amide bonds. The predicted octanol–water partition coefficient (Wildman–Crippen LogP) is 1.26. The number of rotatable bonds is 28. The van der Waals surface area contributed by atoms with Gasteiger partial charge in [-0.1, -0.05) is 0 Å². The second kappa shape index (κ2) is 28.4. The standard InChI is InChI=1S/C23H46O13/c1-21(33-19-17-31-15-13-29-11-9-27-7-5-25-3)35-23(24)36-22(2)34-20-18-32-16-14-30-12-10-28-8-6-26-4/h21-22H,5-20H2,1-4H3. The lowest BCUT2D eigenvalue weighted by Crippen LogP contribution is -2.25. The van der Waals surface area contributed by atoms with Gasteiger partial charge in [-0.25, -0.2) is 4.79 Å². The van der Waals surface area contributed by atoms with E-state index in [1.165, 1.54) is 0 Å². The van der Waals surface area contributed by atoms with Crippen LogP contribution < -0.4 is 0 Å². The Labute approximate surface area is 214 Å². The lowest BCUT2D eigenvalue weighted by atomic mass is 10.6. The minimum Gasteiger partial charge on any atom is -0.405 e. The molecular formula is C23H46O13. The molecule has 0 bridgehead atoms. The zero-order chi connectivity index (χ0) is 26.5. The highest BCUT2D eigenvalue weighted by Crippen LogP contribution is 2.01. The molecule has 36 heavy (non-hydrogen) atoms. The molecule has 0 aliphatic heterocycles. The van der Waals surface area contributed by atoms with Gasteiger partial charge in [0.15, 0.2) is 0 Å². The number of hydrogen-bond donors (Lipinski definition) is 0. The normalized spacial score (nSPS) is 13.0. The van der Waals surface area contributed by atoms with Crippen molar-refractivity contribution in [3.05, 3.63) is 0 Å². The molecule has 0 radical (unpaired) electrons. The summed E-state index contributed by atoms with van der Waals surface area (Å²) in [6, 6.07) is 0. The topological polar surface area (TPSA) is 128 Å². The number of ether oxygens (including phenoxy) is 12. The second-order valence-corrected chi connectivity index (χ2v) is 7.02. The maximum atomic E-state index is 11.8. The Morgan fingerprint density at radius 3 is 0.972 bits per heavy atom. The minimum atomic E-state index is -0.890. The smallest absolute Gasteiger partial charge is 0.405 e. The van der Waals surface area contributed by atoms with Crippen LogP contribution in [0.4, 0.5) is 4.79 Å². The van der Waals surface area contributed by atoms with Crippen molar-refractivity contribution in [2.45, 2.75) is 26.4 Å². The molecule has 0 saturated heterocycles. The van der Waals surface area contributed by atoms with Crippen LogP contribution in [0.25, 0.3) is 0 Å². The van der Waals surface area contributed by atoms with Crippen molar-refractivity contribution in [3.63, 3.8) is 0 Å². The SMILES string of the molecule is COCCOCCOCCOCCOC(C)OC(=O)OC(C)OCCOCCOCCOCCOC. The Bertz CT molecular complexity index is 418. The maximum Gasteiger partial charge on any atom is 0.512 e. The molecule has 0 fully saturated rings. The molecular weight excluding hydrogens is 484 g/mol. The summed E-state index contributed by atoms with van der Waals surface area (Å²) in [6.07, 6.45) is -2.47. The van der Waals surface area contributed by atoms with Crippen molar-refractivity contribution >= 4 is 6.16 Å². The van der Waals surface area contributed by atoms with E-state index in [-0.39, 0.29) is 13.2 Å². The molecule has 0 spiro atoms. The predicted molar refractivity (Wildman–Crippen MR) is 127 cm³/mol. The Morgan fingerprint density at radius 2 is 0.694 bits per heavy atom. The van der Waals surface area contributed by atoms with Gasteiger partial charge in [-0.3, -0.25) is 0 Å². The Hall–Kier alpha value is -1.13. The van der Waals surface area contributed by atoms with Crippen molar-refractivity contribution < 1.29 is 61.6 Å². The van der Waals surface area contributed by atoms with Crippen molar-refractivity contribution in [3.8, 4) is 0 Å². The van der Waals surface area contributed by atoms with Crippen LogP contribution >= 0.6 is 0 Å². The molecule has 0 aromatic heterocycles. The third-order valence-electron chi connectivity index (χ3n) is 4.04. The molecule has 0 aromatic carbocycles. The summed E-state index contributed by atoms with van der Waals surface area (Å²) in [5.74, 6) is 0. The first-order valence-corrected chi connectivity index (χ1v) is 12.1. The van der Waals surface area contributed by atoms with Gasteiger partial charge in [0, 0.05) is 14.2 Å². The number of carbonyl (C=O) groups excluding carboxylic acids is 1. The van der Waals surface area contributed by atoms with Gasteiger partial charge in [-0.15, -0.1) is 0 Å². The van der Waals surface area contributed by atoms with Gasteiger partial charge in [0.05, 0.1) is 106 Å². The minimum absolute atomic E-state index is 0.253. The van der Waals surface area contributed by atoms with Crippen molar-refractivity contribution in [2.75, 3.05) is 120 Å².